The van der Waals surface area contributed by atoms with Crippen LogP contribution in [0, 0.1) is 5.92 Å². The number of ether oxygens (including phenoxy) is 2. The lowest BCUT2D eigenvalue weighted by Crippen LogP contribution is -2.50. The largest absolute Gasteiger partial charge is 0.492 e. The zero-order valence-corrected chi connectivity index (χ0v) is 17.3. The SMILES string of the molecule is C[C@@H](Cn1cccn1)C(=O)N1CCC2(CC1)CN(CCOc1ccccc1)C(=O)O2. The van der Waals surface area contributed by atoms with Gasteiger partial charge >= 0.3 is 6.09 Å². The number of amides is 2. The Labute approximate surface area is 176 Å². The first-order valence-electron chi connectivity index (χ1n) is 10.5. The molecule has 0 aliphatic carbocycles. The van der Waals surface area contributed by atoms with Gasteiger partial charge in [-0.15, -0.1) is 0 Å². The van der Waals surface area contributed by atoms with E-state index in [1.54, 1.807) is 15.8 Å². The van der Waals surface area contributed by atoms with Crippen molar-refractivity contribution in [2.75, 3.05) is 32.8 Å². The van der Waals surface area contributed by atoms with Crippen LogP contribution in [0.5, 0.6) is 5.75 Å². The molecule has 30 heavy (non-hydrogen) atoms. The average molecular weight is 412 g/mol. The summed E-state index contributed by atoms with van der Waals surface area (Å²) in [5, 5.41) is 4.17. The van der Waals surface area contributed by atoms with E-state index in [9.17, 15) is 9.59 Å². The van der Waals surface area contributed by atoms with Gasteiger partial charge in [0.05, 0.1) is 25.6 Å². The minimum absolute atomic E-state index is 0.123. The highest BCUT2D eigenvalue weighted by atomic mass is 16.6. The second-order valence-corrected chi connectivity index (χ2v) is 8.09. The van der Waals surface area contributed by atoms with Gasteiger partial charge in [0.25, 0.3) is 0 Å². The maximum absolute atomic E-state index is 12.8. The van der Waals surface area contributed by atoms with Crippen LogP contribution in [0.2, 0.25) is 0 Å². The number of benzene rings is 1. The number of hydrogen-bond donors (Lipinski definition) is 0. The van der Waals surface area contributed by atoms with Crippen LogP contribution in [0.4, 0.5) is 4.79 Å². The molecule has 2 aliphatic rings. The number of piperidine rings is 1. The first-order valence-corrected chi connectivity index (χ1v) is 10.5. The van der Waals surface area contributed by atoms with Crippen molar-refractivity contribution in [1.29, 1.82) is 0 Å². The summed E-state index contributed by atoms with van der Waals surface area (Å²) >= 11 is 0. The number of carbonyl (C=O) groups excluding carboxylic acids is 2. The third-order valence-electron chi connectivity index (χ3n) is 5.84. The molecular formula is C22H28N4O4. The summed E-state index contributed by atoms with van der Waals surface area (Å²) in [4.78, 5) is 28.7. The van der Waals surface area contributed by atoms with Crippen LogP contribution < -0.4 is 4.74 Å². The second-order valence-electron chi connectivity index (χ2n) is 8.09. The molecule has 1 atom stereocenters. The number of nitrogens with zero attached hydrogens (tertiary/aromatic N) is 4. The van der Waals surface area contributed by atoms with Crippen LogP contribution in [0.1, 0.15) is 19.8 Å². The molecule has 3 heterocycles. The zero-order valence-electron chi connectivity index (χ0n) is 17.3. The summed E-state index contributed by atoms with van der Waals surface area (Å²) in [6.07, 6.45) is 4.61. The lowest BCUT2D eigenvalue weighted by atomic mass is 9.90. The van der Waals surface area contributed by atoms with Crippen LogP contribution in [0.25, 0.3) is 0 Å². The highest BCUT2D eigenvalue weighted by Crippen LogP contribution is 2.33. The molecule has 2 aliphatic heterocycles. The van der Waals surface area contributed by atoms with Gasteiger partial charge < -0.3 is 19.3 Å². The third kappa shape index (κ3) is 4.58. The van der Waals surface area contributed by atoms with Crippen molar-refractivity contribution in [1.82, 2.24) is 19.6 Å². The summed E-state index contributed by atoms with van der Waals surface area (Å²) in [6, 6.07) is 11.4. The highest BCUT2D eigenvalue weighted by Gasteiger charge is 2.47. The maximum atomic E-state index is 12.8. The number of carbonyl (C=O) groups is 2. The molecule has 0 saturated carbocycles. The van der Waals surface area contributed by atoms with Gasteiger partial charge in [-0.3, -0.25) is 9.48 Å². The van der Waals surface area contributed by atoms with Crippen LogP contribution in [-0.2, 0) is 16.1 Å². The molecule has 2 saturated heterocycles. The summed E-state index contributed by atoms with van der Waals surface area (Å²) in [7, 11) is 0. The summed E-state index contributed by atoms with van der Waals surface area (Å²) < 4.78 is 13.2. The Kier molecular flexibility index (Phi) is 5.92. The Bertz CT molecular complexity index is 847. The van der Waals surface area contributed by atoms with E-state index in [-0.39, 0.29) is 17.9 Å². The van der Waals surface area contributed by atoms with Crippen molar-refractivity contribution in [3.8, 4) is 5.75 Å². The third-order valence-corrected chi connectivity index (χ3v) is 5.84. The van der Waals surface area contributed by atoms with E-state index in [0.29, 0.717) is 52.2 Å². The van der Waals surface area contributed by atoms with E-state index in [4.69, 9.17) is 9.47 Å². The molecular weight excluding hydrogens is 384 g/mol. The van der Waals surface area contributed by atoms with Crippen molar-refractivity contribution in [2.45, 2.75) is 31.9 Å². The van der Waals surface area contributed by atoms with Gasteiger partial charge in [-0.25, -0.2) is 4.79 Å². The van der Waals surface area contributed by atoms with Crippen LogP contribution in [-0.4, -0.2) is 70.0 Å². The quantitative estimate of drug-likeness (QED) is 0.698. The second kappa shape index (κ2) is 8.77. The molecule has 8 heteroatoms. The molecule has 160 valence electrons. The van der Waals surface area contributed by atoms with Gasteiger partial charge in [-0.05, 0) is 18.2 Å². The van der Waals surface area contributed by atoms with Crippen LogP contribution >= 0.6 is 0 Å². The highest BCUT2D eigenvalue weighted by molar-refractivity contribution is 5.78. The number of aromatic nitrogens is 2. The van der Waals surface area contributed by atoms with Crippen molar-refractivity contribution in [2.24, 2.45) is 5.92 Å². The van der Waals surface area contributed by atoms with Gasteiger partial charge in [0.15, 0.2) is 0 Å². The van der Waals surface area contributed by atoms with Gasteiger partial charge in [0.1, 0.15) is 18.0 Å². The average Bonchev–Trinajstić information content (AvgIpc) is 3.37. The Morgan fingerprint density at radius 1 is 1.23 bits per heavy atom. The van der Waals surface area contributed by atoms with Gasteiger partial charge in [0, 0.05) is 38.3 Å². The molecule has 0 unspecified atom stereocenters. The topological polar surface area (TPSA) is 76.9 Å². The molecule has 1 aromatic carbocycles. The Balaban J connectivity index is 1.24. The normalized spacial score (nSPS) is 19.0. The molecule has 2 fully saturated rings. The van der Waals surface area contributed by atoms with E-state index < -0.39 is 5.60 Å². The number of hydrogen-bond acceptors (Lipinski definition) is 5. The minimum atomic E-state index is -0.494. The fourth-order valence-corrected chi connectivity index (χ4v) is 4.13. The van der Waals surface area contributed by atoms with E-state index in [2.05, 4.69) is 5.10 Å². The van der Waals surface area contributed by atoms with Crippen molar-refractivity contribution in [3.63, 3.8) is 0 Å². The van der Waals surface area contributed by atoms with Crippen LogP contribution in [0.15, 0.2) is 48.8 Å². The molecule has 1 aromatic heterocycles. The molecule has 0 bridgehead atoms. The van der Waals surface area contributed by atoms with E-state index in [1.807, 2.05) is 54.4 Å². The van der Waals surface area contributed by atoms with E-state index in [1.165, 1.54) is 0 Å². The first kappa shape index (κ1) is 20.3. The summed E-state index contributed by atoms with van der Waals surface area (Å²) in [6.45, 7) is 5.16. The minimum Gasteiger partial charge on any atom is -0.492 e. The smallest absolute Gasteiger partial charge is 0.410 e. The molecule has 0 radical (unpaired) electrons. The molecule has 0 N–H and O–H groups in total. The molecule has 2 aromatic rings. The maximum Gasteiger partial charge on any atom is 0.410 e. The van der Waals surface area contributed by atoms with Gasteiger partial charge in [-0.1, -0.05) is 25.1 Å². The first-order chi connectivity index (χ1) is 14.5. The van der Waals surface area contributed by atoms with E-state index in [0.717, 1.165) is 5.75 Å². The Morgan fingerprint density at radius 3 is 2.70 bits per heavy atom. The number of para-hydroxylation sites is 1. The fourth-order valence-electron chi connectivity index (χ4n) is 4.13. The summed E-state index contributed by atoms with van der Waals surface area (Å²) in [5.41, 5.74) is -0.494. The monoisotopic (exact) mass is 412 g/mol. The van der Waals surface area contributed by atoms with Crippen molar-refractivity contribution in [3.05, 3.63) is 48.8 Å². The van der Waals surface area contributed by atoms with Gasteiger partial charge in [0.2, 0.25) is 5.91 Å². The predicted octanol–water partition coefficient (Wildman–Crippen LogP) is 2.41. The zero-order chi connectivity index (χ0) is 21.0. The van der Waals surface area contributed by atoms with Crippen molar-refractivity contribution >= 4 is 12.0 Å². The molecule has 4 rings (SSSR count). The molecule has 8 nitrogen and oxygen atoms in total. The van der Waals surface area contributed by atoms with E-state index >= 15 is 0 Å². The van der Waals surface area contributed by atoms with Crippen molar-refractivity contribution < 1.29 is 19.1 Å². The molecule has 2 amide bonds. The van der Waals surface area contributed by atoms with Crippen LogP contribution in [0.3, 0.4) is 0 Å². The summed E-state index contributed by atoms with van der Waals surface area (Å²) in [5.74, 6) is 0.769. The lowest BCUT2D eigenvalue weighted by molar-refractivity contribution is -0.138. The fraction of sp³-hybridized carbons (Fsp3) is 0.500. The molecule has 1 spiro atoms. The Hall–Kier alpha value is -3.03. The number of rotatable bonds is 7. The number of likely N-dealkylation sites (tertiary alicyclic amines) is 1. The Morgan fingerprint density at radius 2 is 2.00 bits per heavy atom. The van der Waals surface area contributed by atoms with Gasteiger partial charge in [-0.2, -0.15) is 5.10 Å². The predicted molar refractivity (Wildman–Crippen MR) is 110 cm³/mol. The standard InChI is InChI=1S/C22H28N4O4/c1-18(16-26-11-5-10-23-26)20(27)24-12-8-22(9-13-24)17-25(21(28)30-22)14-15-29-19-6-3-2-4-7-19/h2-7,10-11,18H,8-9,12-17H2,1H3/t18-/m0/s1. The lowest BCUT2D eigenvalue weighted by Gasteiger charge is -2.38.